The average molecular weight is 250 g/mol. The highest BCUT2D eigenvalue weighted by Crippen LogP contribution is 2.49. The van der Waals surface area contributed by atoms with E-state index in [9.17, 15) is 0 Å². The van der Waals surface area contributed by atoms with Gasteiger partial charge in [-0.3, -0.25) is 0 Å². The van der Waals surface area contributed by atoms with E-state index in [1.165, 1.54) is 43.8 Å². The number of fused-ring (bicyclic) bond motifs is 5. The number of rotatable bonds is 0. The number of hydrogen-bond acceptors (Lipinski definition) is 0. The molecular weight excluding hydrogens is 240 g/mol. The van der Waals surface area contributed by atoms with E-state index in [1.807, 2.05) is 6.07 Å². The van der Waals surface area contributed by atoms with E-state index < -0.39 is 0 Å². The van der Waals surface area contributed by atoms with Crippen LogP contribution in [0.4, 0.5) is 0 Å². The Bertz CT molecular complexity index is 988. The van der Waals surface area contributed by atoms with E-state index in [0.29, 0.717) is 0 Å². The van der Waals surface area contributed by atoms with E-state index in [2.05, 4.69) is 66.7 Å². The van der Waals surface area contributed by atoms with Gasteiger partial charge in [-0.1, -0.05) is 54.6 Å². The van der Waals surface area contributed by atoms with Crippen molar-refractivity contribution in [3.05, 3.63) is 72.8 Å². The summed E-state index contributed by atoms with van der Waals surface area (Å²) in [6, 6.07) is 28.0. The summed E-state index contributed by atoms with van der Waals surface area (Å²) in [6.07, 6.45) is 0. The minimum absolute atomic E-state index is 1.19. The third-order valence-corrected chi connectivity index (χ3v) is 4.24. The molecule has 0 aliphatic heterocycles. The van der Waals surface area contributed by atoms with Gasteiger partial charge in [-0.05, 0) is 62.0 Å². The summed E-state index contributed by atoms with van der Waals surface area (Å²) < 4.78 is 0. The van der Waals surface area contributed by atoms with Crippen LogP contribution in [0.25, 0.3) is 43.8 Å². The minimum Gasteiger partial charge on any atom is -0.0616 e. The van der Waals surface area contributed by atoms with E-state index in [1.54, 1.807) is 0 Å². The Morgan fingerprint density at radius 1 is 0.700 bits per heavy atom. The molecule has 4 aromatic carbocycles. The fraction of sp³-hybridized carbons (Fsp3) is 0. The highest BCUT2D eigenvalue weighted by Gasteiger charge is 2.22. The van der Waals surface area contributed by atoms with Crippen LogP contribution in [0, 0.1) is 12.1 Å². The monoisotopic (exact) mass is 250 g/mol. The molecule has 0 unspecified atom stereocenters. The highest BCUT2D eigenvalue weighted by atomic mass is 14.2. The molecule has 0 spiro atoms. The molecule has 0 saturated heterocycles. The zero-order valence-corrected chi connectivity index (χ0v) is 10.8. The molecular formula is C20H10. The standard InChI is InChI=1S/C20H10/c1-2-8-15-13(5-1)11-12-17-16-9-3-6-14-7-4-10-18(19(14)16)20(15)17/h1-2,4-8,10-12H. The van der Waals surface area contributed by atoms with E-state index in [0.717, 1.165) is 0 Å². The van der Waals surface area contributed by atoms with Gasteiger partial charge in [0.05, 0.1) is 0 Å². The molecule has 0 fully saturated rings. The van der Waals surface area contributed by atoms with Crippen LogP contribution >= 0.6 is 0 Å². The first-order chi connectivity index (χ1) is 9.93. The molecule has 5 rings (SSSR count). The molecule has 0 heterocycles. The summed E-state index contributed by atoms with van der Waals surface area (Å²) >= 11 is 0. The lowest BCUT2D eigenvalue weighted by Gasteiger charge is -2.06. The summed E-state index contributed by atoms with van der Waals surface area (Å²) in [4.78, 5) is 0. The van der Waals surface area contributed by atoms with Gasteiger partial charge in [0.25, 0.3) is 0 Å². The van der Waals surface area contributed by atoms with Crippen molar-refractivity contribution in [1.29, 1.82) is 0 Å². The molecule has 0 amide bonds. The molecule has 1 aliphatic rings. The molecule has 0 atom stereocenters. The Morgan fingerprint density at radius 2 is 1.60 bits per heavy atom. The van der Waals surface area contributed by atoms with Gasteiger partial charge >= 0.3 is 0 Å². The predicted octanol–water partition coefficient (Wildman–Crippen LogP) is 5.24. The molecule has 0 saturated carbocycles. The zero-order chi connectivity index (χ0) is 13.1. The SMILES string of the molecule is [c]1[c]c2c3c(cccc3c1)-c1c-2ccc2ccccc12. The minimum atomic E-state index is 1.19. The summed E-state index contributed by atoms with van der Waals surface area (Å²) in [5.41, 5.74) is 5.15. The molecule has 0 heteroatoms. The number of benzene rings is 4. The first-order valence-corrected chi connectivity index (χ1v) is 6.81. The van der Waals surface area contributed by atoms with Crippen LogP contribution < -0.4 is 0 Å². The van der Waals surface area contributed by atoms with Crippen molar-refractivity contribution in [2.75, 3.05) is 0 Å². The fourth-order valence-corrected chi connectivity index (χ4v) is 3.40. The van der Waals surface area contributed by atoms with Crippen molar-refractivity contribution in [3.63, 3.8) is 0 Å². The van der Waals surface area contributed by atoms with E-state index >= 15 is 0 Å². The van der Waals surface area contributed by atoms with Crippen molar-refractivity contribution in [1.82, 2.24) is 0 Å². The van der Waals surface area contributed by atoms with Crippen LogP contribution in [-0.2, 0) is 0 Å². The zero-order valence-electron chi connectivity index (χ0n) is 10.8. The largest absolute Gasteiger partial charge is 0.0616 e. The first kappa shape index (κ1) is 10.2. The van der Waals surface area contributed by atoms with Gasteiger partial charge in [0, 0.05) is 0 Å². The Hall–Kier alpha value is -2.60. The van der Waals surface area contributed by atoms with Crippen LogP contribution in [0.1, 0.15) is 0 Å². The summed E-state index contributed by atoms with van der Waals surface area (Å²) in [7, 11) is 0. The van der Waals surface area contributed by atoms with Crippen LogP contribution in [0.15, 0.2) is 60.7 Å². The van der Waals surface area contributed by atoms with Gasteiger partial charge < -0.3 is 0 Å². The van der Waals surface area contributed by atoms with Gasteiger partial charge in [-0.15, -0.1) is 0 Å². The van der Waals surface area contributed by atoms with Crippen molar-refractivity contribution in [2.45, 2.75) is 0 Å². The topological polar surface area (TPSA) is 0 Å². The van der Waals surface area contributed by atoms with Crippen LogP contribution in [0.5, 0.6) is 0 Å². The fourth-order valence-electron chi connectivity index (χ4n) is 3.40. The second kappa shape index (κ2) is 3.49. The quantitative estimate of drug-likeness (QED) is 0.352. The van der Waals surface area contributed by atoms with Crippen molar-refractivity contribution in [3.8, 4) is 22.3 Å². The lowest BCUT2D eigenvalue weighted by atomic mass is 9.97. The highest BCUT2D eigenvalue weighted by molar-refractivity contribution is 6.20. The third kappa shape index (κ3) is 1.12. The van der Waals surface area contributed by atoms with Gasteiger partial charge in [-0.25, -0.2) is 0 Å². The average Bonchev–Trinajstić information content (AvgIpc) is 2.85. The molecule has 0 bridgehead atoms. The molecule has 20 heavy (non-hydrogen) atoms. The second-order valence-electron chi connectivity index (χ2n) is 5.27. The Balaban J connectivity index is 2.08. The third-order valence-electron chi connectivity index (χ3n) is 4.24. The van der Waals surface area contributed by atoms with Crippen LogP contribution in [-0.4, -0.2) is 0 Å². The van der Waals surface area contributed by atoms with Crippen molar-refractivity contribution in [2.24, 2.45) is 0 Å². The summed E-state index contributed by atoms with van der Waals surface area (Å²) in [5, 5.41) is 5.18. The summed E-state index contributed by atoms with van der Waals surface area (Å²) in [6.45, 7) is 0. The van der Waals surface area contributed by atoms with Crippen LogP contribution in [0.2, 0.25) is 0 Å². The number of hydrogen-bond donors (Lipinski definition) is 0. The van der Waals surface area contributed by atoms with Gasteiger partial charge in [-0.2, -0.15) is 0 Å². The molecule has 4 aromatic rings. The smallest absolute Gasteiger partial charge is 0.000695 e. The second-order valence-corrected chi connectivity index (χ2v) is 5.27. The van der Waals surface area contributed by atoms with Crippen LogP contribution in [0.3, 0.4) is 0 Å². The maximum absolute atomic E-state index is 3.31. The predicted molar refractivity (Wildman–Crippen MR) is 83.6 cm³/mol. The first-order valence-electron chi connectivity index (χ1n) is 6.81. The maximum atomic E-state index is 3.31. The van der Waals surface area contributed by atoms with Crippen molar-refractivity contribution < 1.29 is 0 Å². The lowest BCUT2D eigenvalue weighted by Crippen LogP contribution is -1.80. The van der Waals surface area contributed by atoms with Gasteiger partial charge in [0.2, 0.25) is 0 Å². The Labute approximate surface area is 117 Å². The van der Waals surface area contributed by atoms with Gasteiger partial charge in [0.15, 0.2) is 0 Å². The maximum Gasteiger partial charge on any atom is -0.000695 e. The molecule has 0 nitrogen and oxygen atoms in total. The molecule has 1 aliphatic carbocycles. The Kier molecular flexibility index (Phi) is 1.78. The lowest BCUT2D eigenvalue weighted by molar-refractivity contribution is 1.72. The molecule has 0 aromatic heterocycles. The van der Waals surface area contributed by atoms with E-state index in [4.69, 9.17) is 0 Å². The molecule has 90 valence electrons. The van der Waals surface area contributed by atoms with E-state index in [-0.39, 0.29) is 0 Å². The van der Waals surface area contributed by atoms with Crippen molar-refractivity contribution >= 4 is 21.5 Å². The molecule has 2 radical (unpaired) electrons. The normalized spacial score (nSPS) is 12.0. The van der Waals surface area contributed by atoms with Gasteiger partial charge in [0.1, 0.15) is 0 Å². The summed E-state index contributed by atoms with van der Waals surface area (Å²) in [5.74, 6) is 0. The molecule has 0 N–H and O–H groups in total. The Morgan fingerprint density at radius 3 is 2.60 bits per heavy atom.